The topological polar surface area (TPSA) is 104 Å². The van der Waals surface area contributed by atoms with E-state index in [0.717, 1.165) is 0 Å². The van der Waals surface area contributed by atoms with Crippen molar-refractivity contribution >= 4 is 35.7 Å². The van der Waals surface area contributed by atoms with Gasteiger partial charge in [-0.2, -0.15) is 0 Å². The monoisotopic (exact) mass is 242 g/mol. The Morgan fingerprint density at radius 1 is 1.42 bits per heavy atom. The Hall–Kier alpha value is 1.24. The second-order valence-corrected chi connectivity index (χ2v) is 1.74. The molecule has 0 aromatic carbocycles. The van der Waals surface area contributed by atoms with Gasteiger partial charge in [0.25, 0.3) is 10.5 Å². The average molecular weight is 242 g/mol. The van der Waals surface area contributed by atoms with E-state index in [-0.39, 0.29) is 71.0 Å². The summed E-state index contributed by atoms with van der Waals surface area (Å²) in [6, 6.07) is 0. The molecule has 5 N–H and O–H groups in total. The van der Waals surface area contributed by atoms with Crippen molar-refractivity contribution in [2.45, 2.75) is 7.43 Å². The van der Waals surface area contributed by atoms with Gasteiger partial charge in [-0.3, -0.25) is 9.59 Å². The van der Waals surface area contributed by atoms with Crippen molar-refractivity contribution in [2.24, 2.45) is 5.73 Å². The number of nitrogens with two attached hydrogens (primary N) is 1. The summed E-state index contributed by atoms with van der Waals surface area (Å²) in [7, 11) is 1.52. The second kappa shape index (κ2) is 22.8. The summed E-state index contributed by atoms with van der Waals surface area (Å²) in [4.78, 5) is 18.7. The van der Waals surface area contributed by atoms with E-state index in [1.165, 1.54) is 7.05 Å². The maximum Gasteiger partial charge on any atom is 1.00 e. The van der Waals surface area contributed by atoms with Gasteiger partial charge in [-0.1, -0.05) is 32.7 Å². The van der Waals surface area contributed by atoms with Gasteiger partial charge in [0.2, 0.25) is 0 Å². The molecule has 8 heteroatoms. The Bertz CT molecular complexity index is 116. The Labute approximate surface area is 127 Å². The molecule has 0 bridgehead atoms. The molecule has 0 heterocycles. The molecule has 0 aromatic rings. The summed E-state index contributed by atoms with van der Waals surface area (Å²) in [5, 5.41) is 1.31. The van der Waals surface area contributed by atoms with E-state index < -0.39 is 5.24 Å². The van der Waals surface area contributed by atoms with Gasteiger partial charge in [-0.25, -0.2) is 0 Å². The molecule has 0 spiro atoms. The predicted octanol–water partition coefficient (Wildman–Crippen LogP) is -2.82. The quantitative estimate of drug-likeness (QED) is 0.272. The van der Waals surface area contributed by atoms with Crippen LogP contribution in [0.3, 0.4) is 0 Å². The molecule has 0 aliphatic rings. The number of rotatable bonds is 0. The first-order valence-electron chi connectivity index (χ1n) is 1.89. The summed E-state index contributed by atoms with van der Waals surface area (Å²) in [6.07, 6.45) is 0. The van der Waals surface area contributed by atoms with Crippen LogP contribution in [0.2, 0.25) is 0 Å². The minimum atomic E-state index is -0.639. The van der Waals surface area contributed by atoms with Crippen molar-refractivity contribution in [1.29, 1.82) is 0 Å². The van der Waals surface area contributed by atoms with Crippen molar-refractivity contribution in [3.05, 3.63) is 0 Å². The van der Waals surface area contributed by atoms with Gasteiger partial charge in [0.05, 0.1) is 0 Å². The molecule has 0 unspecified atom stereocenters. The molecule has 0 aliphatic carbocycles. The first kappa shape index (κ1) is 29.2. The molecule has 0 aliphatic heterocycles. The van der Waals surface area contributed by atoms with E-state index in [0.29, 0.717) is 0 Å². The van der Waals surface area contributed by atoms with Crippen LogP contribution < -0.4 is 62.4 Å². The Morgan fingerprint density at radius 2 is 1.50 bits per heavy atom. The number of hydrogen-bond acceptors (Lipinski definition) is 2. The largest absolute Gasteiger partial charge is 1.00 e. The van der Waals surface area contributed by atoms with Crippen LogP contribution in [-0.4, -0.2) is 23.0 Å². The summed E-state index contributed by atoms with van der Waals surface area (Å²) >= 11 is 6.45. The van der Waals surface area contributed by atoms with Crippen molar-refractivity contribution in [3.8, 4) is 0 Å². The van der Waals surface area contributed by atoms with Gasteiger partial charge >= 0.3 is 51.4 Å². The Kier molecular flexibility index (Phi) is 55.4. The molecule has 0 atom stereocenters. The number of carbonyl (C=O) groups is 2. The zero-order valence-electron chi connectivity index (χ0n) is 7.29. The fourth-order valence-corrected chi connectivity index (χ4v) is 0. The van der Waals surface area contributed by atoms with E-state index in [9.17, 15) is 4.79 Å². The van der Waals surface area contributed by atoms with Crippen LogP contribution in [-0.2, 0) is 0 Å². The number of primary amides is 1. The number of thiol groups is 2. The van der Waals surface area contributed by atoms with E-state index in [2.05, 4.69) is 36.3 Å². The number of hydrogen-bond donors (Lipinski definition) is 4. The Morgan fingerprint density at radius 3 is 1.50 bits per heavy atom. The average Bonchev–Trinajstić information content (AvgIpc) is 1.65. The molecule has 0 saturated heterocycles. The molecule has 0 rings (SSSR count). The van der Waals surface area contributed by atoms with Gasteiger partial charge in [-0.05, 0) is 0 Å². The molecule has 0 aromatic heterocycles. The SMILES string of the molecule is C.CNC(=O)S.NC(=O)S.O.[H-].[K+]. The minimum Gasteiger partial charge on any atom is -1.00 e. The van der Waals surface area contributed by atoms with Gasteiger partial charge in [0, 0.05) is 7.05 Å². The van der Waals surface area contributed by atoms with E-state index in [4.69, 9.17) is 4.79 Å². The van der Waals surface area contributed by atoms with E-state index >= 15 is 0 Å². The van der Waals surface area contributed by atoms with Gasteiger partial charge in [0.1, 0.15) is 0 Å². The summed E-state index contributed by atoms with van der Waals surface area (Å²) < 4.78 is 0. The summed E-state index contributed by atoms with van der Waals surface area (Å²) in [5.41, 5.74) is 4.34. The maximum absolute atomic E-state index is 9.57. The predicted molar refractivity (Wildman–Crippen MR) is 53.5 cm³/mol. The van der Waals surface area contributed by atoms with Crippen LogP contribution in [0.5, 0.6) is 0 Å². The van der Waals surface area contributed by atoms with Crippen LogP contribution >= 0.6 is 25.3 Å². The molecule has 5 nitrogen and oxygen atoms in total. The van der Waals surface area contributed by atoms with Gasteiger partial charge < -0.3 is 18.0 Å². The number of nitrogens with one attached hydrogen (secondary N) is 1. The molecule has 0 saturated carbocycles. The minimum absolute atomic E-state index is 0. The van der Waals surface area contributed by atoms with Gasteiger partial charge in [-0.15, -0.1) is 0 Å². The molecule has 0 fully saturated rings. The fraction of sp³-hybridized carbons (Fsp3) is 0.500. The molecule has 72 valence electrons. The normalized spacial score (nSPS) is 4.92. The van der Waals surface area contributed by atoms with Crippen LogP contribution in [0.4, 0.5) is 9.59 Å². The smallest absolute Gasteiger partial charge is 1.00 e. The van der Waals surface area contributed by atoms with Crippen molar-refractivity contribution < 1.29 is 67.9 Å². The van der Waals surface area contributed by atoms with Crippen LogP contribution in [0.1, 0.15) is 8.85 Å². The fourth-order valence-electron chi connectivity index (χ4n) is 0. The van der Waals surface area contributed by atoms with Crippen molar-refractivity contribution in [2.75, 3.05) is 7.05 Å². The third-order valence-electron chi connectivity index (χ3n) is 0.214. The summed E-state index contributed by atoms with van der Waals surface area (Å²) in [5.74, 6) is 0. The first-order chi connectivity index (χ1) is 4.00. The van der Waals surface area contributed by atoms with Crippen LogP contribution in [0.15, 0.2) is 0 Å². The van der Waals surface area contributed by atoms with Crippen molar-refractivity contribution in [3.63, 3.8) is 0 Å². The molecular weight excluding hydrogens is 227 g/mol. The van der Waals surface area contributed by atoms with E-state index in [1.807, 2.05) is 0 Å². The third-order valence-corrected chi connectivity index (χ3v) is 0.437. The molecular formula is C4H15KN2O3S2. The second-order valence-electron chi connectivity index (χ2n) is 0.893. The molecule has 2 amide bonds. The standard InChI is InChI=1S/C2H5NOS.CH3NOS.CH4.K.H2O.H/c1-3-2(4)5;2-1(3)4;;;;/h1H3,(H2,3,4,5);(H3,2,3,4);1H4;;1H2;/q;;;+1;;-1. The van der Waals surface area contributed by atoms with Gasteiger partial charge in [0.15, 0.2) is 0 Å². The summed E-state index contributed by atoms with van der Waals surface area (Å²) in [6.45, 7) is 0. The Balaban J connectivity index is -0.0000000146. The van der Waals surface area contributed by atoms with Crippen molar-refractivity contribution in [1.82, 2.24) is 5.32 Å². The number of carbonyl (C=O) groups excluding carboxylic acids is 2. The number of amides is 2. The molecule has 0 radical (unpaired) electrons. The zero-order chi connectivity index (χ0) is 7.86. The zero-order valence-corrected chi connectivity index (χ0v) is 11.2. The maximum atomic E-state index is 9.57. The first-order valence-corrected chi connectivity index (χ1v) is 2.79. The molecule has 12 heavy (non-hydrogen) atoms. The third kappa shape index (κ3) is 112. The van der Waals surface area contributed by atoms with E-state index in [1.54, 1.807) is 0 Å². The van der Waals surface area contributed by atoms with Crippen LogP contribution in [0, 0.1) is 0 Å². The van der Waals surface area contributed by atoms with Crippen LogP contribution in [0.25, 0.3) is 0 Å².